The van der Waals surface area contributed by atoms with Crippen molar-refractivity contribution in [1.82, 2.24) is 4.90 Å². The summed E-state index contributed by atoms with van der Waals surface area (Å²) >= 11 is 0. The van der Waals surface area contributed by atoms with Crippen LogP contribution in [0.4, 0.5) is 0 Å². The van der Waals surface area contributed by atoms with E-state index >= 15 is 0 Å². The molecule has 0 aromatic rings. The van der Waals surface area contributed by atoms with Crippen LogP contribution < -0.4 is 5.73 Å². The van der Waals surface area contributed by atoms with Crippen molar-refractivity contribution in [3.05, 3.63) is 0 Å². The van der Waals surface area contributed by atoms with Gasteiger partial charge in [0.2, 0.25) is 0 Å². The van der Waals surface area contributed by atoms with Gasteiger partial charge in [-0.1, -0.05) is 6.42 Å². The van der Waals surface area contributed by atoms with Crippen LogP contribution in [0.3, 0.4) is 0 Å². The average Bonchev–Trinajstić information content (AvgIpc) is 2.46. The molecule has 0 amide bonds. The van der Waals surface area contributed by atoms with Crippen LogP contribution in [0.1, 0.15) is 44.9 Å². The van der Waals surface area contributed by atoms with Crippen LogP contribution in [0, 0.1) is 0 Å². The minimum absolute atomic E-state index is 0.870. The van der Waals surface area contributed by atoms with E-state index < -0.39 is 0 Å². The molecule has 2 nitrogen and oxygen atoms in total. The Morgan fingerprint density at radius 2 is 2.00 bits per heavy atom. The molecule has 0 aromatic carbocycles. The van der Waals surface area contributed by atoms with Gasteiger partial charge in [0.05, 0.1) is 0 Å². The van der Waals surface area contributed by atoms with Crippen molar-refractivity contribution in [1.29, 1.82) is 0 Å². The summed E-state index contributed by atoms with van der Waals surface area (Å²) in [6.07, 6.45) is 9.78. The molecule has 2 rings (SSSR count). The third kappa shape index (κ3) is 2.05. The Balaban J connectivity index is 1.79. The molecule has 2 aliphatic rings. The number of rotatable bonds is 4. The van der Waals surface area contributed by atoms with Gasteiger partial charge in [0, 0.05) is 12.1 Å². The van der Waals surface area contributed by atoms with Gasteiger partial charge in [-0.2, -0.15) is 0 Å². The topological polar surface area (TPSA) is 29.3 Å². The number of hydrogen-bond acceptors (Lipinski definition) is 2. The van der Waals surface area contributed by atoms with Gasteiger partial charge in [0.25, 0.3) is 0 Å². The van der Waals surface area contributed by atoms with Crippen LogP contribution in [0.25, 0.3) is 0 Å². The highest BCUT2D eigenvalue weighted by atomic mass is 15.2. The van der Waals surface area contributed by atoms with E-state index in [0.717, 1.165) is 18.6 Å². The monoisotopic (exact) mass is 182 g/mol. The summed E-state index contributed by atoms with van der Waals surface area (Å²) in [5.41, 5.74) is 5.56. The summed E-state index contributed by atoms with van der Waals surface area (Å²) in [5, 5.41) is 0. The average molecular weight is 182 g/mol. The van der Waals surface area contributed by atoms with Crippen molar-refractivity contribution < 1.29 is 0 Å². The number of likely N-dealkylation sites (tertiary alicyclic amines) is 1. The van der Waals surface area contributed by atoms with Gasteiger partial charge in [-0.25, -0.2) is 0 Å². The second-order valence-corrected chi connectivity index (χ2v) is 4.55. The Morgan fingerprint density at radius 1 is 1.15 bits per heavy atom. The lowest BCUT2D eigenvalue weighted by Gasteiger charge is -2.38. The van der Waals surface area contributed by atoms with Gasteiger partial charge in [-0.15, -0.1) is 0 Å². The van der Waals surface area contributed by atoms with Gasteiger partial charge in [0.1, 0.15) is 0 Å². The first-order chi connectivity index (χ1) is 6.42. The summed E-state index contributed by atoms with van der Waals surface area (Å²) in [6, 6.07) is 1.83. The lowest BCUT2D eigenvalue weighted by Crippen LogP contribution is -2.43. The number of hydrogen-bond donors (Lipinski definition) is 1. The van der Waals surface area contributed by atoms with E-state index in [-0.39, 0.29) is 0 Å². The molecule has 1 saturated heterocycles. The molecule has 1 heterocycles. The summed E-state index contributed by atoms with van der Waals surface area (Å²) in [7, 11) is 0. The molecular formula is C11H22N2. The summed E-state index contributed by atoms with van der Waals surface area (Å²) in [5.74, 6) is 0. The lowest BCUT2D eigenvalue weighted by molar-refractivity contribution is 0.109. The van der Waals surface area contributed by atoms with Crippen molar-refractivity contribution in [2.45, 2.75) is 57.0 Å². The Labute approximate surface area is 81.5 Å². The highest BCUT2D eigenvalue weighted by Gasteiger charge is 2.32. The molecular weight excluding hydrogens is 160 g/mol. The van der Waals surface area contributed by atoms with Gasteiger partial charge in [-0.05, 0) is 51.6 Å². The normalized spacial score (nSPS) is 30.7. The van der Waals surface area contributed by atoms with E-state index in [1.165, 1.54) is 51.5 Å². The maximum absolute atomic E-state index is 5.56. The minimum atomic E-state index is 0.870. The zero-order chi connectivity index (χ0) is 9.10. The summed E-state index contributed by atoms with van der Waals surface area (Å²) in [6.45, 7) is 2.23. The predicted molar refractivity (Wildman–Crippen MR) is 55.7 cm³/mol. The highest BCUT2D eigenvalue weighted by molar-refractivity contribution is 4.88. The molecule has 0 spiro atoms. The van der Waals surface area contributed by atoms with Crippen LogP contribution in [0.2, 0.25) is 0 Å². The first-order valence-corrected chi connectivity index (χ1v) is 5.87. The molecule has 13 heavy (non-hydrogen) atoms. The molecule has 2 fully saturated rings. The van der Waals surface area contributed by atoms with Gasteiger partial charge in [-0.3, -0.25) is 4.90 Å². The van der Waals surface area contributed by atoms with Crippen molar-refractivity contribution in [2.75, 3.05) is 13.1 Å². The molecule has 2 heteroatoms. The predicted octanol–water partition coefficient (Wildman–Crippen LogP) is 1.74. The maximum Gasteiger partial charge on any atom is 0.00991 e. The Bertz CT molecular complexity index is 154. The van der Waals surface area contributed by atoms with Crippen LogP contribution in [-0.2, 0) is 0 Å². The van der Waals surface area contributed by atoms with E-state index in [4.69, 9.17) is 5.73 Å². The standard InChI is InChI=1S/C11H22N2/c12-8-2-6-11-7-3-9-13(11)10-4-1-5-10/h10-11H,1-9,12H2. The lowest BCUT2D eigenvalue weighted by atomic mass is 9.90. The molecule has 76 valence electrons. The van der Waals surface area contributed by atoms with Gasteiger partial charge in [0.15, 0.2) is 0 Å². The van der Waals surface area contributed by atoms with Crippen LogP contribution in [0.5, 0.6) is 0 Å². The molecule has 0 bridgehead atoms. The molecule has 2 N–H and O–H groups in total. The second-order valence-electron chi connectivity index (χ2n) is 4.55. The highest BCUT2D eigenvalue weighted by Crippen LogP contribution is 2.32. The smallest absolute Gasteiger partial charge is 0.00991 e. The first kappa shape index (κ1) is 9.47. The Kier molecular flexibility index (Phi) is 3.23. The third-order valence-electron chi connectivity index (χ3n) is 3.71. The third-order valence-corrected chi connectivity index (χ3v) is 3.71. The summed E-state index contributed by atoms with van der Waals surface area (Å²) in [4.78, 5) is 2.76. The van der Waals surface area contributed by atoms with Crippen molar-refractivity contribution in [3.8, 4) is 0 Å². The maximum atomic E-state index is 5.56. The molecule has 1 saturated carbocycles. The fourth-order valence-electron chi connectivity index (χ4n) is 2.72. The molecule has 0 aromatic heterocycles. The molecule has 0 radical (unpaired) electrons. The fourth-order valence-corrected chi connectivity index (χ4v) is 2.72. The van der Waals surface area contributed by atoms with Crippen molar-refractivity contribution >= 4 is 0 Å². The van der Waals surface area contributed by atoms with Crippen molar-refractivity contribution in [2.24, 2.45) is 5.73 Å². The molecule has 1 atom stereocenters. The zero-order valence-corrected chi connectivity index (χ0v) is 8.54. The number of nitrogens with zero attached hydrogens (tertiary/aromatic N) is 1. The zero-order valence-electron chi connectivity index (χ0n) is 8.54. The fraction of sp³-hybridized carbons (Fsp3) is 1.00. The minimum Gasteiger partial charge on any atom is -0.330 e. The SMILES string of the molecule is NCCCC1CCCN1C1CCC1. The van der Waals surface area contributed by atoms with E-state index in [9.17, 15) is 0 Å². The number of nitrogens with two attached hydrogens (primary N) is 1. The van der Waals surface area contributed by atoms with Crippen LogP contribution >= 0.6 is 0 Å². The van der Waals surface area contributed by atoms with E-state index in [1.807, 2.05) is 0 Å². The largest absolute Gasteiger partial charge is 0.330 e. The molecule has 1 unspecified atom stereocenters. The van der Waals surface area contributed by atoms with E-state index in [1.54, 1.807) is 0 Å². The van der Waals surface area contributed by atoms with Crippen molar-refractivity contribution in [3.63, 3.8) is 0 Å². The van der Waals surface area contributed by atoms with Gasteiger partial charge < -0.3 is 5.73 Å². The van der Waals surface area contributed by atoms with Crippen LogP contribution in [-0.4, -0.2) is 30.1 Å². The second kappa shape index (κ2) is 4.43. The summed E-state index contributed by atoms with van der Waals surface area (Å²) < 4.78 is 0. The quantitative estimate of drug-likeness (QED) is 0.717. The molecule has 1 aliphatic heterocycles. The first-order valence-electron chi connectivity index (χ1n) is 5.87. The van der Waals surface area contributed by atoms with Crippen LogP contribution in [0.15, 0.2) is 0 Å². The Morgan fingerprint density at radius 3 is 2.62 bits per heavy atom. The Hall–Kier alpha value is -0.0800. The van der Waals surface area contributed by atoms with E-state index in [0.29, 0.717) is 0 Å². The van der Waals surface area contributed by atoms with Gasteiger partial charge >= 0.3 is 0 Å². The molecule has 1 aliphatic carbocycles. The van der Waals surface area contributed by atoms with E-state index in [2.05, 4.69) is 4.90 Å².